The zero-order valence-electron chi connectivity index (χ0n) is 15.7. The number of hydrogen-bond acceptors (Lipinski definition) is 4. The second kappa shape index (κ2) is 11.0. The molecular formula is C19H27BrN2O4. The summed E-state index contributed by atoms with van der Waals surface area (Å²) >= 11 is 3.38. The molecule has 2 amide bonds. The molecule has 0 aliphatic carbocycles. The molecule has 0 aromatic heterocycles. The van der Waals surface area contributed by atoms with Crippen LogP contribution in [-0.4, -0.2) is 37.0 Å². The van der Waals surface area contributed by atoms with Gasteiger partial charge in [-0.05, 0) is 36.5 Å². The normalized spacial score (nSPS) is 13.0. The number of esters is 1. The van der Waals surface area contributed by atoms with E-state index in [-0.39, 0.29) is 30.2 Å². The topological polar surface area (TPSA) is 84.5 Å². The highest BCUT2D eigenvalue weighted by Gasteiger charge is 2.24. The van der Waals surface area contributed by atoms with Gasteiger partial charge in [0.1, 0.15) is 6.04 Å². The molecule has 0 bridgehead atoms. The summed E-state index contributed by atoms with van der Waals surface area (Å²) < 4.78 is 5.73. The van der Waals surface area contributed by atoms with E-state index in [1.54, 1.807) is 0 Å². The summed E-state index contributed by atoms with van der Waals surface area (Å²) in [5, 5.41) is 5.53. The number of benzene rings is 1. The van der Waals surface area contributed by atoms with Crippen molar-refractivity contribution in [3.8, 4) is 0 Å². The minimum Gasteiger partial charge on any atom is -0.467 e. The lowest BCUT2D eigenvalue weighted by Gasteiger charge is -2.21. The molecule has 0 heterocycles. The van der Waals surface area contributed by atoms with Crippen molar-refractivity contribution in [3.05, 3.63) is 34.3 Å². The summed E-state index contributed by atoms with van der Waals surface area (Å²) in [5.74, 6) is -0.729. The van der Waals surface area contributed by atoms with Gasteiger partial charge in [-0.2, -0.15) is 0 Å². The Labute approximate surface area is 163 Å². The molecule has 2 atom stereocenters. The number of amides is 2. The van der Waals surface area contributed by atoms with Crippen LogP contribution in [0.5, 0.6) is 0 Å². The molecule has 0 saturated heterocycles. The molecule has 0 unspecified atom stereocenters. The monoisotopic (exact) mass is 426 g/mol. The Balaban J connectivity index is 2.75. The van der Waals surface area contributed by atoms with Crippen LogP contribution in [0.3, 0.4) is 0 Å². The average molecular weight is 427 g/mol. The van der Waals surface area contributed by atoms with Gasteiger partial charge in [0, 0.05) is 23.9 Å². The van der Waals surface area contributed by atoms with E-state index in [0.29, 0.717) is 12.8 Å². The molecule has 0 spiro atoms. The van der Waals surface area contributed by atoms with E-state index < -0.39 is 12.0 Å². The molecule has 0 aliphatic heterocycles. The van der Waals surface area contributed by atoms with Gasteiger partial charge in [0.15, 0.2) is 0 Å². The molecule has 1 rings (SSSR count). The SMILES string of the molecule is COC(=O)[C@H](CC(C)C)NC(=O)C[C@@H](Cc1ccc(Br)cc1)NC(C)=O. The van der Waals surface area contributed by atoms with Crippen LogP contribution in [0.4, 0.5) is 0 Å². The molecule has 0 aliphatic rings. The van der Waals surface area contributed by atoms with Gasteiger partial charge in [-0.3, -0.25) is 9.59 Å². The first kappa shape index (κ1) is 22.2. The lowest BCUT2D eigenvalue weighted by molar-refractivity contribution is -0.145. The van der Waals surface area contributed by atoms with Crippen molar-refractivity contribution in [2.45, 2.75) is 52.1 Å². The number of rotatable bonds is 9. The number of methoxy groups -OCH3 is 1. The summed E-state index contributed by atoms with van der Waals surface area (Å²) in [6.07, 6.45) is 1.10. The first-order valence-corrected chi connectivity index (χ1v) is 9.39. The summed E-state index contributed by atoms with van der Waals surface area (Å²) in [4.78, 5) is 35.7. The van der Waals surface area contributed by atoms with Crippen LogP contribution >= 0.6 is 15.9 Å². The van der Waals surface area contributed by atoms with E-state index in [9.17, 15) is 14.4 Å². The summed E-state index contributed by atoms with van der Waals surface area (Å²) in [6.45, 7) is 5.36. The molecular weight excluding hydrogens is 400 g/mol. The van der Waals surface area contributed by atoms with E-state index in [0.717, 1.165) is 10.0 Å². The van der Waals surface area contributed by atoms with Crippen molar-refractivity contribution in [2.75, 3.05) is 7.11 Å². The fourth-order valence-electron chi connectivity index (χ4n) is 2.67. The van der Waals surface area contributed by atoms with Crippen LogP contribution < -0.4 is 10.6 Å². The molecule has 0 saturated carbocycles. The number of nitrogens with one attached hydrogen (secondary N) is 2. The van der Waals surface area contributed by atoms with Crippen molar-refractivity contribution in [2.24, 2.45) is 5.92 Å². The highest BCUT2D eigenvalue weighted by Crippen LogP contribution is 2.13. The fraction of sp³-hybridized carbons (Fsp3) is 0.526. The van der Waals surface area contributed by atoms with E-state index >= 15 is 0 Å². The summed E-state index contributed by atoms with van der Waals surface area (Å²) in [5.41, 5.74) is 1.01. The second-order valence-corrected chi connectivity index (χ2v) is 7.62. The first-order chi connectivity index (χ1) is 12.2. The smallest absolute Gasteiger partial charge is 0.328 e. The van der Waals surface area contributed by atoms with Gasteiger partial charge in [-0.25, -0.2) is 4.79 Å². The van der Waals surface area contributed by atoms with Gasteiger partial charge >= 0.3 is 5.97 Å². The molecule has 26 heavy (non-hydrogen) atoms. The minimum atomic E-state index is -0.682. The van der Waals surface area contributed by atoms with E-state index in [4.69, 9.17) is 4.74 Å². The van der Waals surface area contributed by atoms with Gasteiger partial charge in [-0.1, -0.05) is 41.9 Å². The largest absolute Gasteiger partial charge is 0.467 e. The van der Waals surface area contributed by atoms with Gasteiger partial charge in [-0.15, -0.1) is 0 Å². The van der Waals surface area contributed by atoms with Crippen molar-refractivity contribution in [3.63, 3.8) is 0 Å². The quantitative estimate of drug-likeness (QED) is 0.594. The van der Waals surface area contributed by atoms with Gasteiger partial charge < -0.3 is 15.4 Å². The van der Waals surface area contributed by atoms with Crippen molar-refractivity contribution >= 4 is 33.7 Å². The van der Waals surface area contributed by atoms with Crippen LogP contribution in [-0.2, 0) is 25.5 Å². The van der Waals surface area contributed by atoms with E-state index in [1.165, 1.54) is 14.0 Å². The van der Waals surface area contributed by atoms with Crippen LogP contribution in [0.25, 0.3) is 0 Å². The van der Waals surface area contributed by atoms with Crippen molar-refractivity contribution < 1.29 is 19.1 Å². The Kier molecular flexibility index (Phi) is 9.34. The van der Waals surface area contributed by atoms with Crippen LogP contribution in [0.2, 0.25) is 0 Å². The zero-order valence-corrected chi connectivity index (χ0v) is 17.3. The Bertz CT molecular complexity index is 616. The Morgan fingerprint density at radius 2 is 1.73 bits per heavy atom. The predicted octanol–water partition coefficient (Wildman–Crippen LogP) is 2.59. The molecule has 0 fully saturated rings. The van der Waals surface area contributed by atoms with Crippen molar-refractivity contribution in [1.82, 2.24) is 10.6 Å². The molecule has 2 N–H and O–H groups in total. The standard InChI is InChI=1S/C19H27BrN2O4/c1-12(2)9-17(19(25)26-4)22-18(24)11-16(21-13(3)23)10-14-5-7-15(20)8-6-14/h5-8,12,16-17H,9-11H2,1-4H3,(H,21,23)(H,22,24)/t16-,17+/m1/s1. The minimum absolute atomic E-state index is 0.0846. The number of ether oxygens (including phenoxy) is 1. The maximum absolute atomic E-state index is 12.4. The Hall–Kier alpha value is -1.89. The predicted molar refractivity (Wildman–Crippen MR) is 103 cm³/mol. The van der Waals surface area contributed by atoms with E-state index in [2.05, 4.69) is 26.6 Å². The third-order valence-corrected chi connectivity index (χ3v) is 4.29. The van der Waals surface area contributed by atoms with Gasteiger partial charge in [0.25, 0.3) is 0 Å². The van der Waals surface area contributed by atoms with Crippen molar-refractivity contribution in [1.29, 1.82) is 0 Å². The molecule has 7 heteroatoms. The zero-order chi connectivity index (χ0) is 19.7. The molecule has 1 aromatic carbocycles. The van der Waals surface area contributed by atoms with E-state index in [1.807, 2.05) is 38.1 Å². The number of carbonyl (C=O) groups is 3. The molecule has 0 radical (unpaired) electrons. The highest BCUT2D eigenvalue weighted by atomic mass is 79.9. The second-order valence-electron chi connectivity index (χ2n) is 6.70. The third kappa shape index (κ3) is 8.47. The number of hydrogen-bond donors (Lipinski definition) is 2. The Morgan fingerprint density at radius 1 is 1.12 bits per heavy atom. The lowest BCUT2D eigenvalue weighted by Crippen LogP contribution is -2.45. The fourth-order valence-corrected chi connectivity index (χ4v) is 2.94. The van der Waals surface area contributed by atoms with Crippen LogP contribution in [0, 0.1) is 5.92 Å². The van der Waals surface area contributed by atoms with Gasteiger partial charge in [0.2, 0.25) is 11.8 Å². The summed E-state index contributed by atoms with van der Waals surface area (Å²) in [7, 11) is 1.30. The maximum Gasteiger partial charge on any atom is 0.328 e. The highest BCUT2D eigenvalue weighted by molar-refractivity contribution is 9.10. The number of halogens is 1. The number of carbonyl (C=O) groups excluding carboxylic acids is 3. The lowest BCUT2D eigenvalue weighted by atomic mass is 10.0. The van der Waals surface area contributed by atoms with Crippen LogP contribution in [0.1, 0.15) is 39.2 Å². The molecule has 144 valence electrons. The maximum atomic E-state index is 12.4. The Morgan fingerprint density at radius 3 is 2.23 bits per heavy atom. The van der Waals surface area contributed by atoms with Gasteiger partial charge in [0.05, 0.1) is 7.11 Å². The first-order valence-electron chi connectivity index (χ1n) is 8.60. The molecule has 1 aromatic rings. The third-order valence-electron chi connectivity index (χ3n) is 3.76. The summed E-state index contributed by atoms with van der Waals surface area (Å²) in [6, 6.07) is 6.66. The molecule has 6 nitrogen and oxygen atoms in total. The average Bonchev–Trinajstić information content (AvgIpc) is 2.54. The van der Waals surface area contributed by atoms with Crippen LogP contribution in [0.15, 0.2) is 28.7 Å².